The molecule has 2 aromatic rings. The quantitative estimate of drug-likeness (QED) is 0.941. The van der Waals surface area contributed by atoms with E-state index < -0.39 is 12.2 Å². The molecular formula is C13H12F3N3O. The number of hydrogen-bond donors (Lipinski definition) is 1. The molecule has 0 aliphatic heterocycles. The second-order valence-corrected chi connectivity index (χ2v) is 4.13. The van der Waals surface area contributed by atoms with E-state index in [9.17, 15) is 18.0 Å². The van der Waals surface area contributed by atoms with Crippen molar-refractivity contribution in [1.29, 1.82) is 0 Å². The highest BCUT2D eigenvalue weighted by Crippen LogP contribution is 2.33. The number of alkyl halides is 3. The van der Waals surface area contributed by atoms with Crippen molar-refractivity contribution in [2.75, 3.05) is 0 Å². The maximum atomic E-state index is 13.1. The minimum atomic E-state index is -4.72. The lowest BCUT2D eigenvalue weighted by molar-refractivity contribution is -0.211. The molecule has 106 valence electrons. The molecule has 0 aliphatic carbocycles. The highest BCUT2D eigenvalue weighted by atomic mass is 19.4. The molecule has 0 atom stereocenters. The van der Waals surface area contributed by atoms with Crippen LogP contribution >= 0.6 is 0 Å². The van der Waals surface area contributed by atoms with Crippen molar-refractivity contribution in [2.24, 2.45) is 5.73 Å². The summed E-state index contributed by atoms with van der Waals surface area (Å²) in [6, 6.07) is 7.79. The molecule has 7 heteroatoms. The van der Waals surface area contributed by atoms with Crippen LogP contribution in [0.2, 0.25) is 0 Å². The third kappa shape index (κ3) is 2.38. The number of carbonyl (C=O) groups excluding carboxylic acids is 1. The number of nitrogens with two attached hydrogens (primary N) is 1. The zero-order valence-electron chi connectivity index (χ0n) is 10.6. The molecule has 1 aromatic carbocycles. The van der Waals surface area contributed by atoms with Gasteiger partial charge in [0.2, 0.25) is 0 Å². The first-order chi connectivity index (χ1) is 9.36. The van der Waals surface area contributed by atoms with Crippen molar-refractivity contribution >= 4 is 5.91 Å². The van der Waals surface area contributed by atoms with Crippen molar-refractivity contribution in [3.63, 3.8) is 0 Å². The Hall–Kier alpha value is -2.31. The van der Waals surface area contributed by atoms with E-state index in [4.69, 9.17) is 5.73 Å². The summed E-state index contributed by atoms with van der Waals surface area (Å²) in [5.41, 5.74) is 5.00. The predicted molar refractivity (Wildman–Crippen MR) is 66.9 cm³/mol. The molecule has 4 nitrogen and oxygen atoms in total. The third-order valence-electron chi connectivity index (χ3n) is 2.83. The molecule has 0 spiro atoms. The molecular weight excluding hydrogens is 271 g/mol. The number of aromatic nitrogens is 2. The Balaban J connectivity index is 2.81. The molecule has 0 saturated heterocycles. The minimum Gasteiger partial charge on any atom is -0.365 e. The number of aryl methyl sites for hydroxylation is 1. The summed E-state index contributed by atoms with van der Waals surface area (Å²) in [5, 5.41) is 3.49. The monoisotopic (exact) mass is 283 g/mol. The molecule has 2 rings (SSSR count). The van der Waals surface area contributed by atoms with E-state index in [0.29, 0.717) is 0 Å². The Kier molecular flexibility index (Phi) is 3.52. The smallest absolute Gasteiger partial charge is 0.365 e. The fourth-order valence-corrected chi connectivity index (χ4v) is 2.02. The zero-order valence-corrected chi connectivity index (χ0v) is 10.6. The van der Waals surface area contributed by atoms with Gasteiger partial charge in [-0.05, 0) is 6.42 Å². The van der Waals surface area contributed by atoms with Gasteiger partial charge >= 0.3 is 6.30 Å². The lowest BCUT2D eigenvalue weighted by atomic mass is 10.0. The molecule has 0 radical (unpaired) electrons. The molecule has 20 heavy (non-hydrogen) atoms. The van der Waals surface area contributed by atoms with E-state index in [1.54, 1.807) is 25.1 Å². The lowest BCUT2D eigenvalue weighted by Gasteiger charge is -2.11. The first kappa shape index (κ1) is 14.1. The second kappa shape index (κ2) is 4.99. The van der Waals surface area contributed by atoms with Gasteiger partial charge in [0.1, 0.15) is 0 Å². The maximum absolute atomic E-state index is 13.1. The molecule has 1 heterocycles. The second-order valence-electron chi connectivity index (χ2n) is 4.13. The van der Waals surface area contributed by atoms with Gasteiger partial charge in [-0.1, -0.05) is 37.3 Å². The van der Waals surface area contributed by atoms with Crippen LogP contribution in [0.5, 0.6) is 0 Å². The largest absolute Gasteiger partial charge is 0.505 e. The maximum Gasteiger partial charge on any atom is 0.505 e. The topological polar surface area (TPSA) is 60.9 Å². The van der Waals surface area contributed by atoms with Crippen LogP contribution in [-0.2, 0) is 12.7 Å². The van der Waals surface area contributed by atoms with Gasteiger partial charge in [0.15, 0.2) is 0 Å². The average Bonchev–Trinajstić information content (AvgIpc) is 2.79. The van der Waals surface area contributed by atoms with Gasteiger partial charge in [-0.2, -0.15) is 9.78 Å². The van der Waals surface area contributed by atoms with Gasteiger partial charge < -0.3 is 5.73 Å². The number of nitrogens with zero attached hydrogens (tertiary/aromatic N) is 2. The van der Waals surface area contributed by atoms with Crippen LogP contribution < -0.4 is 5.73 Å². The van der Waals surface area contributed by atoms with E-state index in [1.807, 2.05) is 0 Å². The molecule has 1 amide bonds. The van der Waals surface area contributed by atoms with E-state index in [1.165, 1.54) is 12.1 Å². The van der Waals surface area contributed by atoms with Gasteiger partial charge in [0, 0.05) is 5.56 Å². The molecule has 0 saturated carbocycles. The number of primary amides is 1. The number of benzene rings is 1. The molecule has 2 N–H and O–H groups in total. The normalized spacial score (nSPS) is 11.6. The van der Waals surface area contributed by atoms with Crippen molar-refractivity contribution in [1.82, 2.24) is 9.78 Å². The Morgan fingerprint density at radius 2 is 1.90 bits per heavy atom. The molecule has 1 aromatic heterocycles. The SMILES string of the molecule is CCc1nn(C(F)(F)F)c(-c2ccccc2)c1C(N)=O. The summed E-state index contributed by atoms with van der Waals surface area (Å²) in [6.45, 7) is 1.62. The van der Waals surface area contributed by atoms with E-state index in [2.05, 4.69) is 5.10 Å². The molecule has 0 bridgehead atoms. The summed E-state index contributed by atoms with van der Waals surface area (Å²) < 4.78 is 39.1. The first-order valence-electron chi connectivity index (χ1n) is 5.90. The van der Waals surface area contributed by atoms with Crippen LogP contribution in [0.1, 0.15) is 23.0 Å². The van der Waals surface area contributed by atoms with Crippen molar-refractivity contribution in [3.8, 4) is 11.3 Å². The van der Waals surface area contributed by atoms with Gasteiger partial charge in [0.25, 0.3) is 5.91 Å². The van der Waals surface area contributed by atoms with Gasteiger partial charge in [-0.3, -0.25) is 4.79 Å². The Labute approximate surface area is 113 Å². The fraction of sp³-hybridized carbons (Fsp3) is 0.231. The number of hydrogen-bond acceptors (Lipinski definition) is 2. The highest BCUT2D eigenvalue weighted by Gasteiger charge is 2.38. The average molecular weight is 283 g/mol. The van der Waals surface area contributed by atoms with Gasteiger partial charge in [0.05, 0.1) is 17.0 Å². The Morgan fingerprint density at radius 1 is 1.30 bits per heavy atom. The number of halogens is 3. The predicted octanol–water partition coefficient (Wildman–Crippen LogP) is 2.69. The van der Waals surface area contributed by atoms with Crippen LogP contribution in [0, 0.1) is 0 Å². The first-order valence-corrected chi connectivity index (χ1v) is 5.90. The van der Waals surface area contributed by atoms with Crippen LogP contribution in [0.3, 0.4) is 0 Å². The molecule has 0 unspecified atom stereocenters. The summed E-state index contributed by atoms with van der Waals surface area (Å²) in [4.78, 5) is 11.5. The van der Waals surface area contributed by atoms with Crippen molar-refractivity contribution < 1.29 is 18.0 Å². The van der Waals surface area contributed by atoms with Crippen molar-refractivity contribution in [2.45, 2.75) is 19.6 Å². The summed E-state index contributed by atoms with van der Waals surface area (Å²) >= 11 is 0. The van der Waals surface area contributed by atoms with Crippen molar-refractivity contribution in [3.05, 3.63) is 41.6 Å². The fourth-order valence-electron chi connectivity index (χ4n) is 2.02. The summed E-state index contributed by atoms with van der Waals surface area (Å²) in [5.74, 6) is -0.920. The summed E-state index contributed by atoms with van der Waals surface area (Å²) in [7, 11) is 0. The van der Waals surface area contributed by atoms with Crippen LogP contribution in [0.25, 0.3) is 11.3 Å². The number of rotatable bonds is 3. The Morgan fingerprint density at radius 3 is 2.35 bits per heavy atom. The van der Waals surface area contributed by atoms with Crippen LogP contribution in [0.4, 0.5) is 13.2 Å². The number of amides is 1. The van der Waals surface area contributed by atoms with Gasteiger partial charge in [-0.15, -0.1) is 13.2 Å². The molecule has 0 fully saturated rings. The lowest BCUT2D eigenvalue weighted by Crippen LogP contribution is -2.20. The van der Waals surface area contributed by atoms with E-state index in [0.717, 1.165) is 0 Å². The van der Waals surface area contributed by atoms with Crippen LogP contribution in [0.15, 0.2) is 30.3 Å². The molecule has 0 aliphatic rings. The minimum absolute atomic E-state index is 0.0358. The zero-order chi connectivity index (χ0) is 14.9. The third-order valence-corrected chi connectivity index (χ3v) is 2.83. The summed E-state index contributed by atoms with van der Waals surface area (Å²) in [6.07, 6.45) is -4.54. The Bertz CT molecular complexity index is 632. The van der Waals surface area contributed by atoms with E-state index in [-0.39, 0.29) is 33.6 Å². The van der Waals surface area contributed by atoms with E-state index >= 15 is 0 Å². The standard InChI is InChI=1S/C13H12F3N3O/c1-2-9-10(12(17)20)11(8-6-4-3-5-7-8)19(18-9)13(14,15)16/h3-7H,2H2,1H3,(H2,17,20). The number of carbonyl (C=O) groups is 1. The highest BCUT2D eigenvalue weighted by molar-refractivity contribution is 6.00. The van der Waals surface area contributed by atoms with Crippen LogP contribution in [-0.4, -0.2) is 15.7 Å². The van der Waals surface area contributed by atoms with Gasteiger partial charge in [-0.25, -0.2) is 0 Å².